The van der Waals surface area contributed by atoms with E-state index >= 15 is 0 Å². The molecule has 3 rings (SSSR count). The number of benzene rings is 1. The Morgan fingerprint density at radius 2 is 2.11 bits per heavy atom. The van der Waals surface area contributed by atoms with E-state index in [0.29, 0.717) is 16.0 Å². The summed E-state index contributed by atoms with van der Waals surface area (Å²) >= 11 is 3.41. The Balaban J connectivity index is 2.17. The van der Waals surface area contributed by atoms with E-state index < -0.39 is 0 Å². The number of aromatic nitrogens is 3. The second kappa shape index (κ2) is 4.59. The third kappa shape index (κ3) is 2.06. The lowest BCUT2D eigenvalue weighted by molar-refractivity contribution is 0.102. The largest absolute Gasteiger partial charge is 0.331 e. The summed E-state index contributed by atoms with van der Waals surface area (Å²) in [7, 11) is 1.79. The summed E-state index contributed by atoms with van der Waals surface area (Å²) in [4.78, 5) is 20.9. The summed E-state index contributed by atoms with van der Waals surface area (Å²) in [5, 5.41) is 0.991. The Bertz CT molecular complexity index is 779. The second-order valence-corrected chi connectivity index (χ2v) is 5.06. The van der Waals surface area contributed by atoms with Gasteiger partial charge in [0, 0.05) is 29.3 Å². The summed E-state index contributed by atoms with van der Waals surface area (Å²) in [5.74, 6) is 0.189. The van der Waals surface area contributed by atoms with Crippen molar-refractivity contribution in [2.45, 2.75) is 0 Å². The van der Waals surface area contributed by atoms with Crippen LogP contribution in [0.3, 0.4) is 0 Å². The predicted octanol–water partition coefficient (Wildman–Crippen LogP) is 2.96. The molecular weight excluding hydrogens is 306 g/mol. The summed E-state index contributed by atoms with van der Waals surface area (Å²) in [5.41, 5.74) is 1.18. The number of hydrogen-bond donors (Lipinski definition) is 0. The molecular formula is C14H10BrN3O. The molecule has 2 aromatic heterocycles. The molecule has 0 fully saturated rings. The van der Waals surface area contributed by atoms with Gasteiger partial charge in [-0.25, -0.2) is 9.97 Å². The molecule has 0 unspecified atom stereocenters. The highest BCUT2D eigenvalue weighted by Gasteiger charge is 2.18. The van der Waals surface area contributed by atoms with Gasteiger partial charge >= 0.3 is 0 Å². The smallest absolute Gasteiger partial charge is 0.247 e. The van der Waals surface area contributed by atoms with Gasteiger partial charge in [-0.2, -0.15) is 0 Å². The minimum absolute atomic E-state index is 0.190. The Labute approximate surface area is 118 Å². The molecule has 0 bridgehead atoms. The van der Waals surface area contributed by atoms with Crippen LogP contribution in [0.2, 0.25) is 0 Å². The number of ketones is 1. The lowest BCUT2D eigenvalue weighted by Gasteiger charge is -2.05. The van der Waals surface area contributed by atoms with Crippen molar-refractivity contribution < 1.29 is 4.79 Å². The first-order valence-electron chi connectivity index (χ1n) is 5.74. The minimum Gasteiger partial charge on any atom is -0.331 e. The molecule has 0 spiro atoms. The maximum absolute atomic E-state index is 12.4. The van der Waals surface area contributed by atoms with Gasteiger partial charge in [0.05, 0.1) is 5.52 Å². The number of nitrogens with zero attached hydrogens (tertiary/aromatic N) is 3. The van der Waals surface area contributed by atoms with Crippen LogP contribution >= 0.6 is 15.9 Å². The highest BCUT2D eigenvalue weighted by molar-refractivity contribution is 9.10. The van der Waals surface area contributed by atoms with E-state index in [-0.39, 0.29) is 5.78 Å². The van der Waals surface area contributed by atoms with E-state index in [0.717, 1.165) is 10.9 Å². The standard InChI is InChI=1S/C14H10BrN3O/c1-18-7-6-16-14(18)13(19)12-10(15)8-9-4-2-3-5-11(9)17-12/h2-8H,1H3. The van der Waals surface area contributed by atoms with Crippen LogP contribution in [0, 0.1) is 0 Å². The zero-order valence-electron chi connectivity index (χ0n) is 10.2. The summed E-state index contributed by atoms with van der Waals surface area (Å²) < 4.78 is 2.37. The number of fused-ring (bicyclic) bond motifs is 1. The number of rotatable bonds is 2. The summed E-state index contributed by atoms with van der Waals surface area (Å²) in [6.45, 7) is 0. The van der Waals surface area contributed by atoms with E-state index in [4.69, 9.17) is 0 Å². The van der Waals surface area contributed by atoms with Crippen molar-refractivity contribution >= 4 is 32.6 Å². The van der Waals surface area contributed by atoms with Crippen molar-refractivity contribution in [1.82, 2.24) is 14.5 Å². The zero-order valence-corrected chi connectivity index (χ0v) is 11.8. The van der Waals surface area contributed by atoms with Gasteiger partial charge in [0.15, 0.2) is 5.82 Å². The fraction of sp³-hybridized carbons (Fsp3) is 0.0714. The lowest BCUT2D eigenvalue weighted by atomic mass is 10.1. The van der Waals surface area contributed by atoms with Crippen LogP contribution in [0.1, 0.15) is 16.3 Å². The Morgan fingerprint density at radius 3 is 2.84 bits per heavy atom. The van der Waals surface area contributed by atoms with Crippen LogP contribution in [0.15, 0.2) is 47.2 Å². The van der Waals surface area contributed by atoms with Gasteiger partial charge in [-0.1, -0.05) is 18.2 Å². The molecule has 4 nitrogen and oxygen atoms in total. The third-order valence-corrected chi connectivity index (χ3v) is 3.52. The van der Waals surface area contributed by atoms with Gasteiger partial charge in [-0.05, 0) is 28.1 Å². The van der Waals surface area contributed by atoms with Gasteiger partial charge in [-0.15, -0.1) is 0 Å². The predicted molar refractivity (Wildman–Crippen MR) is 76.1 cm³/mol. The fourth-order valence-electron chi connectivity index (χ4n) is 1.94. The fourth-order valence-corrected chi connectivity index (χ4v) is 2.46. The van der Waals surface area contributed by atoms with Crippen LogP contribution in [0.5, 0.6) is 0 Å². The molecule has 0 atom stereocenters. The molecule has 0 saturated heterocycles. The molecule has 0 aliphatic carbocycles. The van der Waals surface area contributed by atoms with Crippen molar-refractivity contribution in [2.75, 3.05) is 0 Å². The number of halogens is 1. The van der Waals surface area contributed by atoms with Crippen LogP contribution in [-0.2, 0) is 7.05 Å². The van der Waals surface area contributed by atoms with E-state index in [1.807, 2.05) is 30.3 Å². The molecule has 2 heterocycles. The molecule has 94 valence electrons. The second-order valence-electron chi connectivity index (χ2n) is 4.20. The van der Waals surface area contributed by atoms with Crippen molar-refractivity contribution in [3.05, 3.63) is 58.7 Å². The van der Waals surface area contributed by atoms with Crippen LogP contribution in [0.25, 0.3) is 10.9 Å². The van der Waals surface area contributed by atoms with Gasteiger partial charge in [-0.3, -0.25) is 4.79 Å². The first-order valence-corrected chi connectivity index (χ1v) is 6.53. The first-order chi connectivity index (χ1) is 9.16. The highest BCUT2D eigenvalue weighted by Crippen LogP contribution is 2.23. The zero-order chi connectivity index (χ0) is 13.4. The van der Waals surface area contributed by atoms with Crippen LogP contribution in [0.4, 0.5) is 0 Å². The topological polar surface area (TPSA) is 47.8 Å². The van der Waals surface area contributed by atoms with E-state index in [2.05, 4.69) is 25.9 Å². The highest BCUT2D eigenvalue weighted by atomic mass is 79.9. The first kappa shape index (κ1) is 12.0. The molecule has 0 aliphatic heterocycles. The van der Waals surface area contributed by atoms with Crippen molar-refractivity contribution in [3.63, 3.8) is 0 Å². The Kier molecular flexibility index (Phi) is 2.91. The molecule has 0 saturated carbocycles. The normalized spacial score (nSPS) is 10.8. The number of carbonyl (C=O) groups excluding carboxylic acids is 1. The molecule has 5 heteroatoms. The maximum Gasteiger partial charge on any atom is 0.247 e. The molecule has 19 heavy (non-hydrogen) atoms. The minimum atomic E-state index is -0.190. The van der Waals surface area contributed by atoms with Crippen molar-refractivity contribution in [2.24, 2.45) is 7.05 Å². The molecule has 0 radical (unpaired) electrons. The lowest BCUT2D eigenvalue weighted by Crippen LogP contribution is -2.11. The van der Waals surface area contributed by atoms with Gasteiger partial charge in [0.25, 0.3) is 0 Å². The Morgan fingerprint density at radius 1 is 1.32 bits per heavy atom. The number of pyridine rings is 1. The molecule has 0 N–H and O–H groups in total. The average molecular weight is 316 g/mol. The number of carbonyl (C=O) groups is 1. The number of hydrogen-bond acceptors (Lipinski definition) is 3. The number of imidazole rings is 1. The monoisotopic (exact) mass is 315 g/mol. The van der Waals surface area contributed by atoms with Crippen molar-refractivity contribution in [3.8, 4) is 0 Å². The van der Waals surface area contributed by atoms with E-state index in [1.165, 1.54) is 0 Å². The van der Waals surface area contributed by atoms with Gasteiger partial charge in [0.2, 0.25) is 5.78 Å². The molecule has 3 aromatic rings. The number of aryl methyl sites for hydroxylation is 1. The van der Waals surface area contributed by atoms with Crippen LogP contribution < -0.4 is 0 Å². The van der Waals surface area contributed by atoms with Gasteiger partial charge in [0.1, 0.15) is 5.69 Å². The summed E-state index contributed by atoms with van der Waals surface area (Å²) in [6, 6.07) is 9.59. The van der Waals surface area contributed by atoms with E-state index in [9.17, 15) is 4.79 Å². The quantitative estimate of drug-likeness (QED) is 0.683. The SMILES string of the molecule is Cn1ccnc1C(=O)c1nc2ccccc2cc1Br. The van der Waals surface area contributed by atoms with Gasteiger partial charge < -0.3 is 4.57 Å². The third-order valence-electron chi connectivity index (χ3n) is 2.92. The Hall–Kier alpha value is -2.01. The van der Waals surface area contributed by atoms with Crippen molar-refractivity contribution in [1.29, 1.82) is 0 Å². The summed E-state index contributed by atoms with van der Waals surface area (Å²) in [6.07, 6.45) is 3.34. The molecule has 1 aromatic carbocycles. The average Bonchev–Trinajstić information content (AvgIpc) is 2.83. The number of para-hydroxylation sites is 1. The van der Waals surface area contributed by atoms with Crippen LogP contribution in [-0.4, -0.2) is 20.3 Å². The maximum atomic E-state index is 12.4. The molecule has 0 amide bonds. The molecule has 0 aliphatic rings. The van der Waals surface area contributed by atoms with E-state index in [1.54, 1.807) is 24.0 Å².